The minimum atomic E-state index is -0.880. The number of aryl methyl sites for hydroxylation is 2. The van der Waals surface area contributed by atoms with Crippen LogP contribution in [-0.2, 0) is 27.3 Å². The number of aromatic nitrogens is 2. The van der Waals surface area contributed by atoms with Crippen molar-refractivity contribution in [1.82, 2.24) is 15.3 Å². The molecule has 0 fully saturated rings. The smallest absolute Gasteiger partial charge is 0.306 e. The summed E-state index contributed by atoms with van der Waals surface area (Å²) in [4.78, 5) is 33.3. The van der Waals surface area contributed by atoms with E-state index in [1.807, 2.05) is 44.4 Å². The summed E-state index contributed by atoms with van der Waals surface area (Å²) in [6.45, 7) is 5.66. The summed E-state index contributed by atoms with van der Waals surface area (Å²) in [6, 6.07) is 7.42. The van der Waals surface area contributed by atoms with Crippen LogP contribution in [0.15, 0.2) is 29.4 Å². The second-order valence-electron chi connectivity index (χ2n) is 6.52. The Morgan fingerprint density at radius 1 is 1.17 bits per heavy atom. The average molecular weight is 418 g/mol. The summed E-state index contributed by atoms with van der Waals surface area (Å²) >= 11 is 1.48. The van der Waals surface area contributed by atoms with Crippen LogP contribution >= 0.6 is 11.8 Å². The average Bonchev–Trinajstić information content (AvgIpc) is 2.71. The molecule has 29 heavy (non-hydrogen) atoms. The third-order valence-corrected chi connectivity index (χ3v) is 5.03. The maximum atomic E-state index is 12.3. The lowest BCUT2D eigenvalue weighted by atomic mass is 10.1. The van der Waals surface area contributed by atoms with Gasteiger partial charge in [0.15, 0.2) is 11.3 Å². The van der Waals surface area contributed by atoms with Gasteiger partial charge in [0, 0.05) is 29.9 Å². The number of benzene rings is 1. The molecule has 8 heteroatoms. The molecule has 0 unspecified atom stereocenters. The number of hydrogen-bond donors (Lipinski definition) is 1. The number of hydrogen-bond acceptors (Lipinski definition) is 7. The van der Waals surface area contributed by atoms with Crippen molar-refractivity contribution < 1.29 is 19.1 Å². The van der Waals surface area contributed by atoms with Crippen molar-refractivity contribution in [2.75, 3.05) is 13.4 Å². The number of esters is 1. The van der Waals surface area contributed by atoms with Gasteiger partial charge in [-0.25, -0.2) is 9.97 Å². The lowest BCUT2D eigenvalue weighted by Gasteiger charge is -2.15. The van der Waals surface area contributed by atoms with Gasteiger partial charge >= 0.3 is 5.97 Å². The second-order valence-corrected chi connectivity index (χ2v) is 7.29. The van der Waals surface area contributed by atoms with Gasteiger partial charge in [0.2, 0.25) is 0 Å². The molecule has 0 spiro atoms. The van der Waals surface area contributed by atoms with Crippen molar-refractivity contribution >= 4 is 23.6 Å². The Morgan fingerprint density at radius 3 is 2.45 bits per heavy atom. The van der Waals surface area contributed by atoms with Crippen molar-refractivity contribution in [2.24, 2.45) is 0 Å². The molecule has 0 aliphatic carbocycles. The zero-order chi connectivity index (χ0) is 21.4. The number of nitrogens with zero attached hydrogens (tertiary/aromatic N) is 2. The quantitative estimate of drug-likeness (QED) is 0.381. The van der Waals surface area contributed by atoms with E-state index < -0.39 is 12.1 Å². The van der Waals surface area contributed by atoms with Crippen LogP contribution in [0.25, 0.3) is 0 Å². The maximum absolute atomic E-state index is 12.3. The van der Waals surface area contributed by atoms with E-state index in [9.17, 15) is 9.59 Å². The van der Waals surface area contributed by atoms with Crippen molar-refractivity contribution in [3.05, 3.63) is 46.8 Å². The Kier molecular flexibility index (Phi) is 8.45. The maximum Gasteiger partial charge on any atom is 0.306 e. The largest absolute Gasteiger partial charge is 0.496 e. The van der Waals surface area contributed by atoms with Gasteiger partial charge in [0.25, 0.3) is 5.91 Å². The fraction of sp³-hybridized carbons (Fsp3) is 0.429. The Hall–Kier alpha value is -2.61. The molecule has 0 aliphatic heterocycles. The highest BCUT2D eigenvalue weighted by molar-refractivity contribution is 7.98. The first-order chi connectivity index (χ1) is 13.8. The van der Waals surface area contributed by atoms with Gasteiger partial charge in [-0.1, -0.05) is 30.0 Å². The fourth-order valence-electron chi connectivity index (χ4n) is 2.87. The molecule has 1 aromatic carbocycles. The van der Waals surface area contributed by atoms with E-state index >= 15 is 0 Å². The molecular weight excluding hydrogens is 390 g/mol. The molecule has 1 atom stereocenters. The highest BCUT2D eigenvalue weighted by Gasteiger charge is 2.19. The summed E-state index contributed by atoms with van der Waals surface area (Å²) in [6.07, 6.45) is 1.68. The highest BCUT2D eigenvalue weighted by atomic mass is 32.2. The first-order valence-electron chi connectivity index (χ1n) is 9.32. The molecule has 2 aromatic rings. The normalized spacial score (nSPS) is 11.6. The van der Waals surface area contributed by atoms with Gasteiger partial charge in [0.05, 0.1) is 7.11 Å². The van der Waals surface area contributed by atoms with E-state index in [4.69, 9.17) is 9.47 Å². The number of carbonyl (C=O) groups is 2. The van der Waals surface area contributed by atoms with E-state index in [0.29, 0.717) is 23.9 Å². The molecule has 1 N–H and O–H groups in total. The van der Waals surface area contributed by atoms with Crippen molar-refractivity contribution in [1.29, 1.82) is 0 Å². The zero-order valence-corrected chi connectivity index (χ0v) is 18.3. The summed E-state index contributed by atoms with van der Waals surface area (Å²) in [5.41, 5.74) is 3.50. The molecular formula is C21H27N3O4S. The molecule has 0 aliphatic rings. The third kappa shape index (κ3) is 6.45. The van der Waals surface area contributed by atoms with Crippen LogP contribution < -0.4 is 10.1 Å². The van der Waals surface area contributed by atoms with Gasteiger partial charge in [-0.05, 0) is 45.1 Å². The van der Waals surface area contributed by atoms with Crippen LogP contribution in [0, 0.1) is 13.8 Å². The number of para-hydroxylation sites is 1. The Balaban J connectivity index is 1.85. The van der Waals surface area contributed by atoms with E-state index in [2.05, 4.69) is 15.3 Å². The lowest BCUT2D eigenvalue weighted by molar-refractivity contribution is -0.154. The molecule has 0 saturated heterocycles. The number of thioether (sulfide) groups is 1. The molecule has 1 aromatic heterocycles. The predicted octanol–water partition coefficient (Wildman–Crippen LogP) is 3.00. The molecule has 0 bridgehead atoms. The Morgan fingerprint density at radius 2 is 1.83 bits per heavy atom. The SMILES string of the molecule is COc1ccccc1CNC(=O)[C@H](C)OC(=O)CCc1c(C)nc(SC)nc1C. The number of rotatable bonds is 9. The van der Waals surface area contributed by atoms with E-state index in [0.717, 1.165) is 22.5 Å². The Bertz CT molecular complexity index is 850. The summed E-state index contributed by atoms with van der Waals surface area (Å²) in [7, 11) is 1.58. The first-order valence-corrected chi connectivity index (χ1v) is 10.5. The van der Waals surface area contributed by atoms with Crippen LogP contribution in [0.3, 0.4) is 0 Å². The van der Waals surface area contributed by atoms with Crippen LogP contribution in [0.4, 0.5) is 0 Å². The topological polar surface area (TPSA) is 90.4 Å². The molecule has 2 rings (SSSR count). The number of carbonyl (C=O) groups excluding carboxylic acids is 2. The van der Waals surface area contributed by atoms with Crippen LogP contribution in [0.2, 0.25) is 0 Å². The van der Waals surface area contributed by atoms with E-state index in [1.54, 1.807) is 14.0 Å². The van der Waals surface area contributed by atoms with E-state index in [-0.39, 0.29) is 12.3 Å². The summed E-state index contributed by atoms with van der Waals surface area (Å²) < 4.78 is 10.5. The molecule has 7 nitrogen and oxygen atoms in total. The highest BCUT2D eigenvalue weighted by Crippen LogP contribution is 2.18. The standard InChI is InChI=1S/C21H27N3O4S/c1-13-17(14(2)24-21(23-13)29-5)10-11-19(25)28-15(3)20(26)22-12-16-8-6-7-9-18(16)27-4/h6-9,15H,10-12H2,1-5H3,(H,22,26)/t15-/m0/s1. The van der Waals surface area contributed by atoms with Crippen LogP contribution in [0.5, 0.6) is 5.75 Å². The van der Waals surface area contributed by atoms with E-state index in [1.165, 1.54) is 11.8 Å². The summed E-state index contributed by atoms with van der Waals surface area (Å²) in [5.74, 6) is -0.0974. The number of amides is 1. The van der Waals surface area contributed by atoms with Gasteiger partial charge in [-0.15, -0.1) is 0 Å². The third-order valence-electron chi connectivity index (χ3n) is 4.48. The van der Waals surface area contributed by atoms with Gasteiger partial charge in [0.1, 0.15) is 5.75 Å². The molecule has 0 saturated carbocycles. The Labute approximate surface area is 175 Å². The van der Waals surface area contributed by atoms with Gasteiger partial charge < -0.3 is 14.8 Å². The summed E-state index contributed by atoms with van der Waals surface area (Å²) in [5, 5.41) is 3.48. The van der Waals surface area contributed by atoms with Gasteiger partial charge in [-0.3, -0.25) is 9.59 Å². The fourth-order valence-corrected chi connectivity index (χ4v) is 3.33. The van der Waals surface area contributed by atoms with Crippen LogP contribution in [-0.4, -0.2) is 41.3 Å². The predicted molar refractivity (Wildman–Crippen MR) is 112 cm³/mol. The minimum absolute atomic E-state index is 0.160. The minimum Gasteiger partial charge on any atom is -0.496 e. The monoisotopic (exact) mass is 417 g/mol. The first kappa shape index (κ1) is 22.7. The number of ether oxygens (including phenoxy) is 2. The number of methoxy groups -OCH3 is 1. The second kappa shape index (κ2) is 10.8. The molecule has 0 radical (unpaired) electrons. The van der Waals surface area contributed by atoms with Crippen molar-refractivity contribution in [2.45, 2.75) is 51.4 Å². The zero-order valence-electron chi connectivity index (χ0n) is 17.4. The van der Waals surface area contributed by atoms with Gasteiger partial charge in [-0.2, -0.15) is 0 Å². The van der Waals surface area contributed by atoms with Crippen molar-refractivity contribution in [3.8, 4) is 5.75 Å². The molecule has 1 heterocycles. The number of nitrogens with one attached hydrogen (secondary N) is 1. The molecule has 156 valence electrons. The van der Waals surface area contributed by atoms with Crippen LogP contribution in [0.1, 0.15) is 35.9 Å². The lowest BCUT2D eigenvalue weighted by Crippen LogP contribution is -2.35. The molecule has 1 amide bonds. The van der Waals surface area contributed by atoms with Crippen molar-refractivity contribution in [3.63, 3.8) is 0 Å².